The fourth-order valence-corrected chi connectivity index (χ4v) is 2.29. The summed E-state index contributed by atoms with van der Waals surface area (Å²) in [6.07, 6.45) is 4.43. The third-order valence-electron chi connectivity index (χ3n) is 3.20. The van der Waals surface area contributed by atoms with Crippen molar-refractivity contribution in [1.82, 2.24) is 0 Å². The maximum Gasteiger partial charge on any atom is 0.168 e. The molecule has 0 saturated heterocycles. The molecule has 1 aliphatic carbocycles. The second kappa shape index (κ2) is 4.05. The number of carbonyl (C=O) groups is 1. The number of Topliss-reactive ketones (excluding diaryl/α,β-unsaturated/α-hetero) is 1. The first-order valence-electron chi connectivity index (χ1n) is 5.59. The van der Waals surface area contributed by atoms with Crippen LogP contribution < -0.4 is 5.73 Å². The number of carbonyl (C=O) groups excluding carboxylic acids is 1. The van der Waals surface area contributed by atoms with Crippen molar-refractivity contribution in [3.05, 3.63) is 29.3 Å². The van der Waals surface area contributed by atoms with Crippen LogP contribution >= 0.6 is 0 Å². The lowest BCUT2D eigenvalue weighted by molar-refractivity contribution is 0.0923. The number of nitrogens with two attached hydrogens (primary N) is 1. The SMILES string of the molecule is Cc1ccc(N)c(C(=O)C2CCCC2)c1. The van der Waals surface area contributed by atoms with E-state index in [0.717, 1.165) is 24.0 Å². The van der Waals surface area contributed by atoms with Gasteiger partial charge in [-0.15, -0.1) is 0 Å². The molecular weight excluding hydrogens is 186 g/mol. The average molecular weight is 203 g/mol. The minimum absolute atomic E-state index is 0.217. The lowest BCUT2D eigenvalue weighted by Gasteiger charge is -2.10. The summed E-state index contributed by atoms with van der Waals surface area (Å²) in [6, 6.07) is 5.69. The molecule has 80 valence electrons. The van der Waals surface area contributed by atoms with Gasteiger partial charge in [-0.1, -0.05) is 24.5 Å². The summed E-state index contributed by atoms with van der Waals surface area (Å²) < 4.78 is 0. The van der Waals surface area contributed by atoms with Crippen LogP contribution in [0.2, 0.25) is 0 Å². The van der Waals surface area contributed by atoms with E-state index < -0.39 is 0 Å². The van der Waals surface area contributed by atoms with Gasteiger partial charge in [-0.2, -0.15) is 0 Å². The van der Waals surface area contributed by atoms with Gasteiger partial charge in [-0.05, 0) is 31.9 Å². The highest BCUT2D eigenvalue weighted by atomic mass is 16.1. The van der Waals surface area contributed by atoms with Crippen molar-refractivity contribution >= 4 is 11.5 Å². The van der Waals surface area contributed by atoms with Crippen LogP contribution in [0, 0.1) is 12.8 Å². The van der Waals surface area contributed by atoms with E-state index in [-0.39, 0.29) is 11.7 Å². The Balaban J connectivity index is 2.27. The molecule has 1 aromatic rings. The fourth-order valence-electron chi connectivity index (χ4n) is 2.29. The monoisotopic (exact) mass is 203 g/mol. The summed E-state index contributed by atoms with van der Waals surface area (Å²) in [6.45, 7) is 1.99. The van der Waals surface area contributed by atoms with E-state index in [9.17, 15) is 4.79 Å². The first-order chi connectivity index (χ1) is 7.18. The summed E-state index contributed by atoms with van der Waals surface area (Å²) >= 11 is 0. The van der Waals surface area contributed by atoms with Crippen molar-refractivity contribution < 1.29 is 4.79 Å². The number of ketones is 1. The Labute approximate surface area is 90.5 Å². The lowest BCUT2D eigenvalue weighted by atomic mass is 9.94. The van der Waals surface area contributed by atoms with Gasteiger partial charge in [0.2, 0.25) is 0 Å². The number of hydrogen-bond donors (Lipinski definition) is 1. The van der Waals surface area contributed by atoms with Crippen molar-refractivity contribution in [1.29, 1.82) is 0 Å². The molecule has 0 heterocycles. The molecule has 0 atom stereocenters. The van der Waals surface area contributed by atoms with E-state index in [1.807, 2.05) is 25.1 Å². The van der Waals surface area contributed by atoms with Gasteiger partial charge in [0.05, 0.1) is 0 Å². The van der Waals surface area contributed by atoms with E-state index >= 15 is 0 Å². The number of nitrogen functional groups attached to an aromatic ring is 1. The van der Waals surface area contributed by atoms with Gasteiger partial charge < -0.3 is 5.73 Å². The largest absolute Gasteiger partial charge is 0.398 e. The zero-order chi connectivity index (χ0) is 10.8. The average Bonchev–Trinajstić information content (AvgIpc) is 2.74. The number of rotatable bonds is 2. The number of benzene rings is 1. The van der Waals surface area contributed by atoms with Crippen LogP contribution in [-0.2, 0) is 0 Å². The molecular formula is C13H17NO. The molecule has 1 aliphatic rings. The van der Waals surface area contributed by atoms with E-state index in [1.54, 1.807) is 0 Å². The lowest BCUT2D eigenvalue weighted by Crippen LogP contribution is -2.13. The molecule has 0 radical (unpaired) electrons. The molecule has 0 bridgehead atoms. The van der Waals surface area contributed by atoms with E-state index in [1.165, 1.54) is 12.8 Å². The van der Waals surface area contributed by atoms with Crippen molar-refractivity contribution in [3.8, 4) is 0 Å². The van der Waals surface area contributed by atoms with Gasteiger partial charge in [0.15, 0.2) is 5.78 Å². The maximum atomic E-state index is 12.1. The minimum atomic E-state index is 0.217. The van der Waals surface area contributed by atoms with Crippen LogP contribution in [0.3, 0.4) is 0 Å². The number of aryl methyl sites for hydroxylation is 1. The maximum absolute atomic E-state index is 12.1. The summed E-state index contributed by atoms with van der Waals surface area (Å²) in [4.78, 5) is 12.1. The highest BCUT2D eigenvalue weighted by Gasteiger charge is 2.24. The molecule has 2 N–H and O–H groups in total. The van der Waals surface area contributed by atoms with E-state index in [2.05, 4.69) is 0 Å². The molecule has 1 fully saturated rings. The Morgan fingerprint density at radius 3 is 2.67 bits per heavy atom. The van der Waals surface area contributed by atoms with E-state index in [0.29, 0.717) is 5.69 Å². The third-order valence-corrected chi connectivity index (χ3v) is 3.20. The Bertz CT molecular complexity index is 378. The Kier molecular flexibility index (Phi) is 2.76. The van der Waals surface area contributed by atoms with Crippen LogP contribution in [0.1, 0.15) is 41.6 Å². The first kappa shape index (κ1) is 10.2. The van der Waals surface area contributed by atoms with Gasteiger partial charge in [0.25, 0.3) is 0 Å². The standard InChI is InChI=1S/C13H17NO/c1-9-6-7-12(14)11(8-9)13(15)10-4-2-3-5-10/h6-8,10H,2-5,14H2,1H3. The smallest absolute Gasteiger partial charge is 0.168 e. The van der Waals surface area contributed by atoms with E-state index in [4.69, 9.17) is 5.73 Å². The minimum Gasteiger partial charge on any atom is -0.398 e. The van der Waals surface area contributed by atoms with Gasteiger partial charge in [-0.3, -0.25) is 4.79 Å². The topological polar surface area (TPSA) is 43.1 Å². The zero-order valence-electron chi connectivity index (χ0n) is 9.12. The predicted molar refractivity (Wildman–Crippen MR) is 61.9 cm³/mol. The van der Waals surface area contributed by atoms with Crippen LogP contribution in [0.4, 0.5) is 5.69 Å². The molecule has 15 heavy (non-hydrogen) atoms. The molecule has 0 unspecified atom stereocenters. The van der Waals surface area contributed by atoms with Crippen LogP contribution in [-0.4, -0.2) is 5.78 Å². The summed E-state index contributed by atoms with van der Waals surface area (Å²) in [5.41, 5.74) is 8.29. The molecule has 0 aromatic heterocycles. The zero-order valence-corrected chi connectivity index (χ0v) is 9.12. The molecule has 0 aliphatic heterocycles. The van der Waals surface area contributed by atoms with Crippen LogP contribution in [0.5, 0.6) is 0 Å². The molecule has 0 amide bonds. The van der Waals surface area contributed by atoms with Gasteiger partial charge >= 0.3 is 0 Å². The van der Waals surface area contributed by atoms with Crippen molar-refractivity contribution in [3.63, 3.8) is 0 Å². The molecule has 1 aromatic carbocycles. The Hall–Kier alpha value is -1.31. The first-order valence-corrected chi connectivity index (χ1v) is 5.59. The molecule has 0 spiro atoms. The Morgan fingerprint density at radius 2 is 2.00 bits per heavy atom. The second-order valence-electron chi connectivity index (χ2n) is 4.44. The third kappa shape index (κ3) is 2.04. The van der Waals surface area contributed by atoms with Gasteiger partial charge in [0.1, 0.15) is 0 Å². The van der Waals surface area contributed by atoms with Crippen molar-refractivity contribution in [2.75, 3.05) is 5.73 Å². The van der Waals surface area contributed by atoms with Crippen LogP contribution in [0.15, 0.2) is 18.2 Å². The molecule has 1 saturated carbocycles. The number of hydrogen-bond acceptors (Lipinski definition) is 2. The fraction of sp³-hybridized carbons (Fsp3) is 0.462. The van der Waals surface area contributed by atoms with Gasteiger partial charge in [-0.25, -0.2) is 0 Å². The van der Waals surface area contributed by atoms with Crippen molar-refractivity contribution in [2.24, 2.45) is 5.92 Å². The molecule has 2 rings (SSSR count). The van der Waals surface area contributed by atoms with Crippen LogP contribution in [0.25, 0.3) is 0 Å². The highest BCUT2D eigenvalue weighted by molar-refractivity contribution is 6.02. The summed E-state index contributed by atoms with van der Waals surface area (Å²) in [7, 11) is 0. The Morgan fingerprint density at radius 1 is 1.33 bits per heavy atom. The van der Waals surface area contributed by atoms with Crippen molar-refractivity contribution in [2.45, 2.75) is 32.6 Å². The normalized spacial score (nSPS) is 16.9. The second-order valence-corrected chi connectivity index (χ2v) is 4.44. The molecule has 2 heteroatoms. The predicted octanol–water partition coefficient (Wildman–Crippen LogP) is 2.95. The van der Waals surface area contributed by atoms with Gasteiger partial charge in [0, 0.05) is 17.2 Å². The highest BCUT2D eigenvalue weighted by Crippen LogP contribution is 2.29. The quantitative estimate of drug-likeness (QED) is 0.593. The number of anilines is 1. The molecule has 2 nitrogen and oxygen atoms in total. The summed E-state index contributed by atoms with van der Waals surface area (Å²) in [5, 5.41) is 0. The summed E-state index contributed by atoms with van der Waals surface area (Å²) in [5.74, 6) is 0.461.